The molecule has 0 unspecified atom stereocenters. The molecule has 0 bridgehead atoms. The molecule has 126 valence electrons. The van der Waals surface area contributed by atoms with Crippen molar-refractivity contribution in [2.24, 2.45) is 0 Å². The van der Waals surface area contributed by atoms with E-state index in [9.17, 15) is 10.1 Å². The number of ketones is 1. The molecule has 6 heteroatoms. The minimum atomic E-state index is -0.101. The highest BCUT2D eigenvalue weighted by atomic mass is 32.1. The molecule has 4 rings (SSSR count). The van der Waals surface area contributed by atoms with Crippen molar-refractivity contribution in [3.63, 3.8) is 0 Å². The van der Waals surface area contributed by atoms with Crippen LogP contribution in [0.15, 0.2) is 29.6 Å². The second kappa shape index (κ2) is 6.51. The van der Waals surface area contributed by atoms with E-state index in [0.717, 1.165) is 27.9 Å². The molecule has 1 aromatic carbocycles. The zero-order valence-electron chi connectivity index (χ0n) is 13.5. The van der Waals surface area contributed by atoms with Crippen LogP contribution >= 0.6 is 22.7 Å². The molecule has 0 atom stereocenters. The average Bonchev–Trinajstić information content (AvgIpc) is 3.34. The standard InChI is InChI=1S/C19H17N3OS2/c20-9-13-16(21)18(25-19(13)22-11-5-1-2-6-11)17(23)14-10-24-15-8-4-3-7-12(14)15/h3-4,7-8,10-11,22H,1-2,5-6,21H2. The molecule has 3 aromatic rings. The van der Waals surface area contributed by atoms with E-state index in [2.05, 4.69) is 11.4 Å². The predicted molar refractivity (Wildman–Crippen MR) is 105 cm³/mol. The van der Waals surface area contributed by atoms with Crippen LogP contribution in [0.25, 0.3) is 10.1 Å². The van der Waals surface area contributed by atoms with Crippen molar-refractivity contribution < 1.29 is 4.79 Å². The lowest BCUT2D eigenvalue weighted by Crippen LogP contribution is -2.14. The first-order chi connectivity index (χ1) is 12.2. The summed E-state index contributed by atoms with van der Waals surface area (Å²) in [5, 5.41) is 16.5. The van der Waals surface area contributed by atoms with Crippen molar-refractivity contribution in [2.75, 3.05) is 11.1 Å². The Labute approximate surface area is 153 Å². The van der Waals surface area contributed by atoms with Gasteiger partial charge in [0.15, 0.2) is 0 Å². The summed E-state index contributed by atoms with van der Waals surface area (Å²) in [6.07, 6.45) is 4.60. The number of anilines is 2. The minimum absolute atomic E-state index is 0.101. The number of nitrogens with two attached hydrogens (primary N) is 1. The van der Waals surface area contributed by atoms with Gasteiger partial charge in [0.25, 0.3) is 0 Å². The van der Waals surface area contributed by atoms with Crippen LogP contribution in [0.3, 0.4) is 0 Å². The summed E-state index contributed by atoms with van der Waals surface area (Å²) in [5.74, 6) is -0.101. The summed E-state index contributed by atoms with van der Waals surface area (Å²) in [6, 6.07) is 10.4. The van der Waals surface area contributed by atoms with Gasteiger partial charge in [0.05, 0.1) is 5.69 Å². The number of nitrogens with one attached hydrogen (secondary N) is 1. The van der Waals surface area contributed by atoms with E-state index in [0.29, 0.717) is 27.7 Å². The summed E-state index contributed by atoms with van der Waals surface area (Å²) >= 11 is 2.86. The minimum Gasteiger partial charge on any atom is -0.396 e. The van der Waals surface area contributed by atoms with Gasteiger partial charge in [-0.3, -0.25) is 4.79 Å². The van der Waals surface area contributed by atoms with Crippen LogP contribution in [-0.2, 0) is 0 Å². The zero-order chi connectivity index (χ0) is 17.4. The molecule has 4 nitrogen and oxygen atoms in total. The first-order valence-electron chi connectivity index (χ1n) is 8.29. The van der Waals surface area contributed by atoms with Crippen molar-refractivity contribution in [3.8, 4) is 6.07 Å². The maximum absolute atomic E-state index is 13.1. The lowest BCUT2D eigenvalue weighted by atomic mass is 10.1. The van der Waals surface area contributed by atoms with Crippen LogP contribution in [-0.4, -0.2) is 11.8 Å². The van der Waals surface area contributed by atoms with Crippen LogP contribution in [0.2, 0.25) is 0 Å². The van der Waals surface area contributed by atoms with Gasteiger partial charge in [-0.1, -0.05) is 31.0 Å². The summed E-state index contributed by atoms with van der Waals surface area (Å²) in [5.41, 5.74) is 7.53. The van der Waals surface area contributed by atoms with Crippen molar-refractivity contribution >= 4 is 49.2 Å². The average molecular weight is 367 g/mol. The maximum Gasteiger partial charge on any atom is 0.206 e. The van der Waals surface area contributed by atoms with E-state index in [1.165, 1.54) is 24.2 Å². The normalized spacial score (nSPS) is 14.7. The molecule has 1 fully saturated rings. The van der Waals surface area contributed by atoms with Crippen molar-refractivity contribution in [3.05, 3.63) is 45.6 Å². The first-order valence-corrected chi connectivity index (χ1v) is 9.98. The summed E-state index contributed by atoms with van der Waals surface area (Å²) in [6.45, 7) is 0. The third-order valence-electron chi connectivity index (χ3n) is 4.68. The highest BCUT2D eigenvalue weighted by molar-refractivity contribution is 7.20. The topological polar surface area (TPSA) is 78.9 Å². The quantitative estimate of drug-likeness (QED) is 0.636. The number of carbonyl (C=O) groups excluding carboxylic acids is 1. The largest absolute Gasteiger partial charge is 0.396 e. The molecule has 0 spiro atoms. The molecule has 3 N–H and O–H groups in total. The van der Waals surface area contributed by atoms with E-state index in [1.54, 1.807) is 11.3 Å². The van der Waals surface area contributed by atoms with Gasteiger partial charge in [-0.05, 0) is 18.9 Å². The van der Waals surface area contributed by atoms with Crippen molar-refractivity contribution in [1.29, 1.82) is 5.26 Å². The van der Waals surface area contributed by atoms with Gasteiger partial charge >= 0.3 is 0 Å². The highest BCUT2D eigenvalue weighted by Crippen LogP contribution is 2.39. The van der Waals surface area contributed by atoms with Gasteiger partial charge < -0.3 is 11.1 Å². The Morgan fingerprint density at radius 3 is 2.80 bits per heavy atom. The number of hydrogen-bond acceptors (Lipinski definition) is 6. The Balaban J connectivity index is 1.73. The number of benzene rings is 1. The Morgan fingerprint density at radius 2 is 2.04 bits per heavy atom. The molecule has 0 radical (unpaired) electrons. The molecule has 0 aliphatic heterocycles. The van der Waals surface area contributed by atoms with Crippen LogP contribution in [0.5, 0.6) is 0 Å². The van der Waals surface area contributed by atoms with Crippen LogP contribution < -0.4 is 11.1 Å². The van der Waals surface area contributed by atoms with E-state index in [1.807, 2.05) is 29.6 Å². The Hall–Kier alpha value is -2.36. The number of carbonyl (C=O) groups is 1. The summed E-state index contributed by atoms with van der Waals surface area (Å²) in [7, 11) is 0. The van der Waals surface area contributed by atoms with E-state index in [-0.39, 0.29) is 5.78 Å². The summed E-state index contributed by atoms with van der Waals surface area (Å²) in [4.78, 5) is 13.5. The Bertz CT molecular complexity index is 990. The fourth-order valence-electron chi connectivity index (χ4n) is 3.36. The molecule has 0 saturated heterocycles. The molecule has 0 amide bonds. The lowest BCUT2D eigenvalue weighted by molar-refractivity contribution is 0.104. The second-order valence-corrected chi connectivity index (χ2v) is 8.19. The number of fused-ring (bicyclic) bond motifs is 1. The fourth-order valence-corrected chi connectivity index (χ4v) is 5.40. The number of rotatable bonds is 4. The van der Waals surface area contributed by atoms with Gasteiger partial charge in [-0.2, -0.15) is 5.26 Å². The SMILES string of the molecule is N#Cc1c(NC2CCCC2)sc(C(=O)c2csc3ccccc23)c1N. The smallest absolute Gasteiger partial charge is 0.206 e. The second-order valence-electron chi connectivity index (χ2n) is 6.26. The third kappa shape index (κ3) is 2.80. The van der Waals surface area contributed by atoms with Gasteiger partial charge in [0, 0.05) is 27.1 Å². The van der Waals surface area contributed by atoms with Crippen LogP contribution in [0, 0.1) is 11.3 Å². The number of nitrogens with zero attached hydrogens (tertiary/aromatic N) is 1. The fraction of sp³-hybridized carbons (Fsp3) is 0.263. The molecule has 1 saturated carbocycles. The first kappa shape index (κ1) is 16.1. The van der Waals surface area contributed by atoms with Crippen LogP contribution in [0.1, 0.15) is 46.5 Å². The number of nitriles is 1. The molecular weight excluding hydrogens is 350 g/mol. The van der Waals surface area contributed by atoms with E-state index < -0.39 is 0 Å². The predicted octanol–water partition coefficient (Wildman–Crippen LogP) is 5.00. The van der Waals surface area contributed by atoms with Gasteiger partial charge in [0.2, 0.25) is 5.78 Å². The molecule has 2 aromatic heterocycles. The van der Waals surface area contributed by atoms with Gasteiger partial charge in [-0.25, -0.2) is 0 Å². The Morgan fingerprint density at radius 1 is 1.28 bits per heavy atom. The van der Waals surface area contributed by atoms with E-state index >= 15 is 0 Å². The van der Waals surface area contributed by atoms with Gasteiger partial charge in [-0.15, -0.1) is 22.7 Å². The zero-order valence-corrected chi connectivity index (χ0v) is 15.2. The molecule has 1 aliphatic rings. The van der Waals surface area contributed by atoms with Gasteiger partial charge in [0.1, 0.15) is 21.5 Å². The number of hydrogen-bond donors (Lipinski definition) is 2. The monoisotopic (exact) mass is 367 g/mol. The number of thiophene rings is 2. The van der Waals surface area contributed by atoms with Crippen LogP contribution in [0.4, 0.5) is 10.7 Å². The molecule has 2 heterocycles. The summed E-state index contributed by atoms with van der Waals surface area (Å²) < 4.78 is 1.07. The number of nitrogen functional groups attached to an aromatic ring is 1. The van der Waals surface area contributed by atoms with E-state index in [4.69, 9.17) is 5.73 Å². The van der Waals surface area contributed by atoms with Crippen molar-refractivity contribution in [1.82, 2.24) is 0 Å². The molecule has 1 aliphatic carbocycles. The highest BCUT2D eigenvalue weighted by Gasteiger charge is 2.25. The maximum atomic E-state index is 13.1. The Kier molecular flexibility index (Phi) is 4.20. The molecule has 25 heavy (non-hydrogen) atoms. The van der Waals surface area contributed by atoms with Crippen molar-refractivity contribution in [2.45, 2.75) is 31.7 Å². The lowest BCUT2D eigenvalue weighted by Gasteiger charge is -2.11. The third-order valence-corrected chi connectivity index (χ3v) is 6.78. The molecular formula is C19H17N3OS2.